The van der Waals surface area contributed by atoms with E-state index in [4.69, 9.17) is 4.74 Å². The zero-order valence-electron chi connectivity index (χ0n) is 14.5. The predicted molar refractivity (Wildman–Crippen MR) is 104 cm³/mol. The second-order valence-electron chi connectivity index (χ2n) is 5.94. The third kappa shape index (κ3) is 4.67. The molecule has 0 amide bonds. The average Bonchev–Trinajstić information content (AvgIpc) is 2.65. The molecular formula is C22H20O3S. The number of carbonyl (C=O) groups is 1. The number of para-hydroxylation sites is 1. The average molecular weight is 364 g/mol. The van der Waals surface area contributed by atoms with Crippen LogP contribution in [0.5, 0.6) is 5.75 Å². The first-order chi connectivity index (χ1) is 12.6. The summed E-state index contributed by atoms with van der Waals surface area (Å²) in [6.45, 7) is 1.91. The van der Waals surface area contributed by atoms with Crippen molar-refractivity contribution in [3.8, 4) is 5.75 Å². The first-order valence-electron chi connectivity index (χ1n) is 8.39. The van der Waals surface area contributed by atoms with E-state index in [0.717, 1.165) is 20.9 Å². The lowest BCUT2D eigenvalue weighted by atomic mass is 10.1. The summed E-state index contributed by atoms with van der Waals surface area (Å²) in [6, 6.07) is 25.4. The van der Waals surface area contributed by atoms with Crippen molar-refractivity contribution in [1.82, 2.24) is 0 Å². The van der Waals surface area contributed by atoms with Gasteiger partial charge in [-0.15, -0.1) is 0 Å². The van der Waals surface area contributed by atoms with Crippen molar-refractivity contribution in [3.05, 3.63) is 90.0 Å². The van der Waals surface area contributed by atoms with Crippen LogP contribution in [0.2, 0.25) is 0 Å². The maximum atomic E-state index is 11.8. The number of aryl methyl sites for hydroxylation is 1. The Bertz CT molecular complexity index is 877. The minimum Gasteiger partial charge on any atom is -0.478 e. The first-order valence-corrected chi connectivity index (χ1v) is 9.21. The molecule has 132 valence electrons. The maximum Gasteiger partial charge on any atom is 0.345 e. The van der Waals surface area contributed by atoms with E-state index >= 15 is 0 Å². The molecule has 3 aromatic rings. The van der Waals surface area contributed by atoms with Crippen LogP contribution < -0.4 is 4.74 Å². The molecule has 0 aliphatic rings. The molecular weight excluding hydrogens is 344 g/mol. The molecule has 1 N–H and O–H groups in total. The normalized spacial score (nSPS) is 11.7. The van der Waals surface area contributed by atoms with Crippen LogP contribution in [0.1, 0.15) is 11.1 Å². The number of ether oxygens (including phenoxy) is 1. The number of hydrogen-bond donors (Lipinski definition) is 1. The fourth-order valence-electron chi connectivity index (χ4n) is 2.61. The van der Waals surface area contributed by atoms with Crippen LogP contribution in [0, 0.1) is 6.92 Å². The van der Waals surface area contributed by atoms with Crippen molar-refractivity contribution >= 4 is 17.7 Å². The van der Waals surface area contributed by atoms with Gasteiger partial charge in [0.15, 0.2) is 6.10 Å². The van der Waals surface area contributed by atoms with Gasteiger partial charge in [0.05, 0.1) is 0 Å². The highest BCUT2D eigenvalue weighted by Gasteiger charge is 2.22. The van der Waals surface area contributed by atoms with E-state index in [1.807, 2.05) is 79.7 Å². The van der Waals surface area contributed by atoms with Gasteiger partial charge in [-0.25, -0.2) is 4.79 Å². The van der Waals surface area contributed by atoms with Gasteiger partial charge in [0.25, 0.3) is 0 Å². The minimum absolute atomic E-state index is 0.305. The Morgan fingerprint density at radius 1 is 0.962 bits per heavy atom. The number of carboxylic acid groups (broad SMARTS) is 1. The van der Waals surface area contributed by atoms with Crippen LogP contribution in [-0.4, -0.2) is 17.2 Å². The molecule has 0 spiro atoms. The Morgan fingerprint density at radius 3 is 2.35 bits per heavy atom. The van der Waals surface area contributed by atoms with Crippen molar-refractivity contribution < 1.29 is 14.6 Å². The standard InChI is InChI=1S/C22H20O3S/c1-16-9-5-7-13-19(16)25-20(22(23)24)15-17-10-6-8-14-21(17)26-18-11-3-2-4-12-18/h2-14,20H,15H2,1H3,(H,23,24). The molecule has 0 saturated heterocycles. The molecule has 0 radical (unpaired) electrons. The van der Waals surface area contributed by atoms with Crippen molar-refractivity contribution in [2.45, 2.75) is 29.2 Å². The Hall–Kier alpha value is -2.72. The molecule has 0 aromatic heterocycles. The smallest absolute Gasteiger partial charge is 0.345 e. The summed E-state index contributed by atoms with van der Waals surface area (Å²) in [5.74, 6) is -0.360. The summed E-state index contributed by atoms with van der Waals surface area (Å²) in [6.07, 6.45) is -0.631. The number of hydrogen-bond acceptors (Lipinski definition) is 3. The summed E-state index contributed by atoms with van der Waals surface area (Å²) >= 11 is 1.63. The van der Waals surface area contributed by atoms with E-state index in [2.05, 4.69) is 0 Å². The highest BCUT2D eigenvalue weighted by Crippen LogP contribution is 2.31. The van der Waals surface area contributed by atoms with Crippen molar-refractivity contribution in [3.63, 3.8) is 0 Å². The molecule has 0 aliphatic heterocycles. The van der Waals surface area contributed by atoms with Crippen LogP contribution in [0.25, 0.3) is 0 Å². The second-order valence-corrected chi connectivity index (χ2v) is 7.05. The molecule has 3 rings (SSSR count). The fourth-order valence-corrected chi connectivity index (χ4v) is 3.58. The summed E-state index contributed by atoms with van der Waals surface area (Å²) in [5, 5.41) is 9.64. The number of rotatable bonds is 7. The van der Waals surface area contributed by atoms with Gasteiger partial charge in [0.2, 0.25) is 0 Å². The molecule has 0 bridgehead atoms. The van der Waals surface area contributed by atoms with E-state index in [-0.39, 0.29) is 0 Å². The Labute approximate surface area is 157 Å². The van der Waals surface area contributed by atoms with Gasteiger partial charge in [-0.1, -0.05) is 66.4 Å². The van der Waals surface area contributed by atoms with Gasteiger partial charge >= 0.3 is 5.97 Å². The Kier molecular flexibility index (Phi) is 5.97. The third-order valence-corrected chi connectivity index (χ3v) is 5.11. The van der Waals surface area contributed by atoms with Gasteiger partial charge < -0.3 is 9.84 Å². The molecule has 1 unspecified atom stereocenters. The molecule has 0 aliphatic carbocycles. The van der Waals surface area contributed by atoms with Gasteiger partial charge in [0.1, 0.15) is 5.75 Å². The van der Waals surface area contributed by atoms with Crippen LogP contribution in [0.15, 0.2) is 88.7 Å². The molecule has 26 heavy (non-hydrogen) atoms. The van der Waals surface area contributed by atoms with Crippen molar-refractivity contribution in [1.29, 1.82) is 0 Å². The van der Waals surface area contributed by atoms with Gasteiger partial charge in [-0.3, -0.25) is 0 Å². The SMILES string of the molecule is Cc1ccccc1OC(Cc1ccccc1Sc1ccccc1)C(=O)O. The van der Waals surface area contributed by atoms with Gasteiger partial charge in [0, 0.05) is 16.2 Å². The largest absolute Gasteiger partial charge is 0.478 e. The van der Waals surface area contributed by atoms with E-state index in [1.165, 1.54) is 0 Å². The van der Waals surface area contributed by atoms with E-state index in [0.29, 0.717) is 12.2 Å². The lowest BCUT2D eigenvalue weighted by molar-refractivity contribution is -0.145. The predicted octanol–water partition coefficient (Wildman–Crippen LogP) is 5.22. The zero-order valence-corrected chi connectivity index (χ0v) is 15.3. The molecule has 0 heterocycles. The summed E-state index contributed by atoms with van der Waals surface area (Å²) < 4.78 is 5.81. The summed E-state index contributed by atoms with van der Waals surface area (Å²) in [5.41, 5.74) is 1.88. The second kappa shape index (κ2) is 8.59. The van der Waals surface area contributed by atoms with Crippen LogP contribution in [0.3, 0.4) is 0 Å². The monoisotopic (exact) mass is 364 g/mol. The molecule has 4 heteroatoms. The quantitative estimate of drug-likeness (QED) is 0.624. The molecule has 3 nitrogen and oxygen atoms in total. The highest BCUT2D eigenvalue weighted by molar-refractivity contribution is 7.99. The number of carboxylic acids is 1. The Morgan fingerprint density at radius 2 is 1.62 bits per heavy atom. The molecule has 0 fully saturated rings. The van der Waals surface area contributed by atoms with Gasteiger partial charge in [-0.2, -0.15) is 0 Å². The number of aliphatic carboxylic acids is 1. The lowest BCUT2D eigenvalue weighted by Crippen LogP contribution is -2.29. The topological polar surface area (TPSA) is 46.5 Å². The lowest BCUT2D eigenvalue weighted by Gasteiger charge is -2.18. The third-order valence-electron chi connectivity index (χ3n) is 3.99. The van der Waals surface area contributed by atoms with Crippen LogP contribution >= 0.6 is 11.8 Å². The highest BCUT2D eigenvalue weighted by atomic mass is 32.2. The minimum atomic E-state index is -0.965. The van der Waals surface area contributed by atoms with E-state index in [9.17, 15) is 9.90 Å². The van der Waals surface area contributed by atoms with Crippen LogP contribution in [-0.2, 0) is 11.2 Å². The molecule has 1 atom stereocenters. The first kappa shape index (κ1) is 18.1. The van der Waals surface area contributed by atoms with E-state index < -0.39 is 12.1 Å². The summed E-state index contributed by atoms with van der Waals surface area (Å²) in [7, 11) is 0. The fraction of sp³-hybridized carbons (Fsp3) is 0.136. The zero-order chi connectivity index (χ0) is 18.4. The number of benzene rings is 3. The van der Waals surface area contributed by atoms with E-state index in [1.54, 1.807) is 17.8 Å². The van der Waals surface area contributed by atoms with Crippen molar-refractivity contribution in [2.24, 2.45) is 0 Å². The molecule has 0 saturated carbocycles. The molecule has 3 aromatic carbocycles. The van der Waals surface area contributed by atoms with Crippen LogP contribution in [0.4, 0.5) is 0 Å². The Balaban J connectivity index is 1.81. The maximum absolute atomic E-state index is 11.8. The van der Waals surface area contributed by atoms with Gasteiger partial charge in [-0.05, 0) is 42.3 Å². The summed E-state index contributed by atoms with van der Waals surface area (Å²) in [4.78, 5) is 13.9. The van der Waals surface area contributed by atoms with Crippen molar-refractivity contribution in [2.75, 3.05) is 0 Å².